The zero-order valence-corrected chi connectivity index (χ0v) is 24.7. The van der Waals surface area contributed by atoms with Crippen molar-refractivity contribution in [1.29, 1.82) is 0 Å². The van der Waals surface area contributed by atoms with Gasteiger partial charge in [-0.1, -0.05) is 133 Å². The molecule has 0 aliphatic carbocycles. The Balaban J connectivity index is 1.39. The Labute approximate surface area is 327 Å². The predicted octanol–water partition coefficient (Wildman–Crippen LogP) is 11.5. The molecule has 10 rings (SSSR count). The first-order chi connectivity index (χ1) is 36.4. The summed E-state index contributed by atoms with van der Waals surface area (Å²) >= 11 is 0. The highest BCUT2D eigenvalue weighted by Gasteiger charge is 2.19. The minimum Gasteiger partial charge on any atom is -0.456 e. The Morgan fingerprint density at radius 3 is 1.74 bits per heavy atom. The molecule has 0 saturated carbocycles. The van der Waals surface area contributed by atoms with Gasteiger partial charge >= 0.3 is 0 Å². The molecule has 0 unspecified atom stereocenters. The van der Waals surface area contributed by atoms with Crippen LogP contribution in [0.4, 0.5) is 0 Å². The minimum atomic E-state index is -1.03. The Morgan fingerprint density at radius 2 is 1.02 bits per heavy atom. The van der Waals surface area contributed by atoms with Gasteiger partial charge in [-0.2, -0.15) is 0 Å². The molecule has 3 heterocycles. The summed E-state index contributed by atoms with van der Waals surface area (Å²) in [5, 5.41) is -2.23. The molecule has 7 aromatic carbocycles. The van der Waals surface area contributed by atoms with Crippen molar-refractivity contribution < 1.29 is 42.8 Å². The largest absolute Gasteiger partial charge is 0.456 e. The summed E-state index contributed by atoms with van der Waals surface area (Å²) in [5.41, 5.74) is -7.14. The van der Waals surface area contributed by atoms with E-state index in [1.165, 1.54) is 0 Å². The summed E-state index contributed by atoms with van der Waals surface area (Å²) in [6.45, 7) is 0. The van der Waals surface area contributed by atoms with Gasteiger partial charge in [-0.05, 0) is 41.3 Å². The van der Waals surface area contributed by atoms with Crippen molar-refractivity contribution in [2.24, 2.45) is 0 Å². The van der Waals surface area contributed by atoms with Crippen LogP contribution in [0.1, 0.15) is 38.4 Å². The van der Waals surface area contributed by atoms with E-state index in [4.69, 9.17) is 34.6 Å². The van der Waals surface area contributed by atoms with Crippen LogP contribution in [-0.2, 0) is 0 Å². The molecule has 50 heavy (non-hydrogen) atoms. The van der Waals surface area contributed by atoms with Crippen LogP contribution in [0.15, 0.2) is 174 Å². The second-order valence-electron chi connectivity index (χ2n) is 10.3. The smallest absolute Gasteiger partial charge is 0.164 e. The van der Waals surface area contributed by atoms with Crippen molar-refractivity contribution >= 4 is 43.7 Å². The van der Waals surface area contributed by atoms with E-state index in [9.17, 15) is 8.22 Å². The molecule has 5 nitrogen and oxygen atoms in total. The zero-order valence-electron chi connectivity index (χ0n) is 52.7. The Morgan fingerprint density at radius 1 is 0.420 bits per heavy atom. The van der Waals surface area contributed by atoms with Gasteiger partial charge in [-0.25, -0.2) is 15.0 Å². The van der Waals surface area contributed by atoms with Crippen LogP contribution in [0.3, 0.4) is 0 Å². The van der Waals surface area contributed by atoms with Crippen LogP contribution in [0, 0.1) is 0 Å². The zero-order chi connectivity index (χ0) is 57.4. The summed E-state index contributed by atoms with van der Waals surface area (Å²) in [6, 6.07) is -25.1. The fraction of sp³-hybridized carbons (Fsp3) is 0. The second kappa shape index (κ2) is 11.4. The lowest BCUT2D eigenvalue weighted by atomic mass is 10.0. The second-order valence-corrected chi connectivity index (χ2v) is 10.3. The van der Waals surface area contributed by atoms with Crippen LogP contribution in [0.5, 0.6) is 0 Å². The van der Waals surface area contributed by atoms with Crippen LogP contribution in [0.2, 0.25) is 0 Å². The standard InChI is InChI=1S/C45H28N4O/c1-4-13-29(14-5-1)32-23-25-35-34-19-10-11-21-38(34)49(39(35)27-32)33-24-26-36-41(28-33)50-40-22-12-20-37(42(36)40)45-47-43(30-15-6-2-7-16-30)46-44(48-45)31-17-8-3-9-18-31/h1-28H/i1D,2D,3D,4D,5D,6D,7D,8D,9D,10D,11D,12D,13D,14D,15D,16D,17D,18D,19D,20D,21D,22D,23D,24D,25D,26D,27D,28D. The number of hydrogen-bond acceptors (Lipinski definition) is 4. The highest BCUT2D eigenvalue weighted by atomic mass is 16.3. The maximum Gasteiger partial charge on any atom is 0.164 e. The van der Waals surface area contributed by atoms with Gasteiger partial charge in [0.15, 0.2) is 17.5 Å². The minimum absolute atomic E-state index is 0.529. The number of rotatable bonds is 5. The first-order valence-electron chi connectivity index (χ1n) is 28.4. The third-order valence-electron chi connectivity index (χ3n) is 7.50. The number of furan rings is 1. The molecule has 3 aromatic heterocycles. The van der Waals surface area contributed by atoms with Crippen LogP contribution >= 0.6 is 0 Å². The van der Waals surface area contributed by atoms with Crippen molar-refractivity contribution in [2.75, 3.05) is 0 Å². The van der Waals surface area contributed by atoms with E-state index in [1.54, 1.807) is 0 Å². The molecule has 0 amide bonds. The molecule has 0 aliphatic heterocycles. The third-order valence-corrected chi connectivity index (χ3v) is 7.50. The molecule has 0 bridgehead atoms. The average Bonchev–Trinajstić information content (AvgIpc) is 4.21. The molecular formula is C45H28N4O. The van der Waals surface area contributed by atoms with Gasteiger partial charge in [0.25, 0.3) is 0 Å². The maximum atomic E-state index is 9.78. The molecule has 0 saturated heterocycles. The Bertz CT molecular complexity index is 4320. The molecule has 0 atom stereocenters. The number of benzene rings is 7. The summed E-state index contributed by atoms with van der Waals surface area (Å²) in [6.07, 6.45) is 0. The van der Waals surface area contributed by atoms with E-state index in [0.717, 1.165) is 4.57 Å². The van der Waals surface area contributed by atoms with Crippen LogP contribution in [-0.4, -0.2) is 19.5 Å². The maximum absolute atomic E-state index is 9.78. The van der Waals surface area contributed by atoms with E-state index in [0.29, 0.717) is 0 Å². The SMILES string of the molecule is [2H]c1c([2H])c([2H])c(-c2nc(-c3c([2H])c([2H])c([2H])c([2H])c3[2H])nc(-c3c([2H])c([2H])c([2H])c4oc5c([2H])c(-n6c7c([2H])c([2H])c([2H])c([2H])c7c7c([2H])c([2H])c(-c8c([2H])c([2H])c([2H])c([2H])c8[2H])c([2H])c76)c([2H])c([2H])c5c34)n2)c([2H])c1[2H]. The van der Waals surface area contributed by atoms with Gasteiger partial charge in [0.05, 0.1) is 49.4 Å². The van der Waals surface area contributed by atoms with Crippen LogP contribution < -0.4 is 0 Å². The van der Waals surface area contributed by atoms with Crippen molar-refractivity contribution in [3.8, 4) is 51.0 Å². The number of hydrogen-bond donors (Lipinski definition) is 0. The first kappa shape index (κ1) is 11.9. The summed E-state index contributed by atoms with van der Waals surface area (Å²) in [5.74, 6) is -2.41. The van der Waals surface area contributed by atoms with Gasteiger partial charge in [-0.15, -0.1) is 0 Å². The first-order valence-corrected chi connectivity index (χ1v) is 14.4. The molecule has 10 aromatic rings. The third kappa shape index (κ3) is 4.60. The lowest BCUT2D eigenvalue weighted by molar-refractivity contribution is 0.668. The fourth-order valence-corrected chi connectivity index (χ4v) is 5.39. The van der Waals surface area contributed by atoms with Crippen LogP contribution in [0.25, 0.3) is 94.7 Å². The highest BCUT2D eigenvalue weighted by Crippen LogP contribution is 2.39. The van der Waals surface area contributed by atoms with Gasteiger partial charge in [0.2, 0.25) is 0 Å². The van der Waals surface area contributed by atoms with Gasteiger partial charge in [0.1, 0.15) is 11.2 Å². The normalized spacial score (nSPS) is 19.4. The van der Waals surface area contributed by atoms with Gasteiger partial charge < -0.3 is 8.98 Å². The number of para-hydroxylation sites is 1. The molecule has 0 spiro atoms. The van der Waals surface area contributed by atoms with E-state index in [-0.39, 0.29) is 0 Å². The van der Waals surface area contributed by atoms with E-state index >= 15 is 0 Å². The molecule has 5 heteroatoms. The van der Waals surface area contributed by atoms with E-state index < -0.39 is 264 Å². The summed E-state index contributed by atoms with van der Waals surface area (Å²) in [7, 11) is 0. The molecule has 0 aliphatic rings. The lowest BCUT2D eigenvalue weighted by Crippen LogP contribution is -2.00. The topological polar surface area (TPSA) is 56.7 Å². The van der Waals surface area contributed by atoms with Gasteiger partial charge in [0, 0.05) is 50.0 Å². The van der Waals surface area contributed by atoms with Crippen molar-refractivity contribution in [3.63, 3.8) is 0 Å². The van der Waals surface area contributed by atoms with Crippen molar-refractivity contribution in [3.05, 3.63) is 169 Å². The monoisotopic (exact) mass is 668 g/mol. The van der Waals surface area contributed by atoms with Crippen molar-refractivity contribution in [1.82, 2.24) is 19.5 Å². The summed E-state index contributed by atoms with van der Waals surface area (Å²) < 4.78 is 253. The number of aromatic nitrogens is 4. The Hall–Kier alpha value is -6.85. The average molecular weight is 669 g/mol. The highest BCUT2D eigenvalue weighted by molar-refractivity contribution is 6.13. The Kier molecular flexibility index (Phi) is 2.72. The lowest BCUT2D eigenvalue weighted by Gasteiger charge is -2.10. The molecular weight excluding hydrogens is 613 g/mol. The molecule has 0 N–H and O–H groups in total. The summed E-state index contributed by atoms with van der Waals surface area (Å²) in [4.78, 5) is 12.9. The molecule has 0 radical (unpaired) electrons. The molecule has 0 fully saturated rings. The number of nitrogens with zero attached hydrogens (tertiary/aromatic N) is 4. The number of fused-ring (bicyclic) bond motifs is 6. The quantitative estimate of drug-likeness (QED) is 0.183. The van der Waals surface area contributed by atoms with E-state index in [1.807, 2.05) is 0 Å². The molecule has 234 valence electrons. The van der Waals surface area contributed by atoms with Crippen molar-refractivity contribution in [2.45, 2.75) is 0 Å². The van der Waals surface area contributed by atoms with Gasteiger partial charge in [-0.3, -0.25) is 0 Å². The van der Waals surface area contributed by atoms with E-state index in [2.05, 4.69) is 15.0 Å². The predicted molar refractivity (Wildman–Crippen MR) is 203 cm³/mol. The fourth-order valence-electron chi connectivity index (χ4n) is 5.39.